The number of hydrogen-bond donors (Lipinski definition) is 1. The first-order valence-corrected chi connectivity index (χ1v) is 9.21. The second-order valence-electron chi connectivity index (χ2n) is 6.39. The first-order valence-electron chi connectivity index (χ1n) is 8.44. The van der Waals surface area contributed by atoms with Gasteiger partial charge in [0.2, 0.25) is 11.0 Å². The van der Waals surface area contributed by atoms with Crippen LogP contribution >= 0.6 is 11.5 Å². The fourth-order valence-electron chi connectivity index (χ4n) is 2.88. The zero-order valence-corrected chi connectivity index (χ0v) is 14.3. The van der Waals surface area contributed by atoms with Crippen LogP contribution in [0.2, 0.25) is 0 Å². The minimum absolute atomic E-state index is 0.0431. The van der Waals surface area contributed by atoms with E-state index >= 15 is 0 Å². The summed E-state index contributed by atoms with van der Waals surface area (Å²) in [5, 5.41) is 3.97. The van der Waals surface area contributed by atoms with Gasteiger partial charge in [0.05, 0.1) is 6.54 Å². The van der Waals surface area contributed by atoms with E-state index in [0.717, 1.165) is 42.8 Å². The molecule has 2 fully saturated rings. The van der Waals surface area contributed by atoms with Crippen LogP contribution in [0.15, 0.2) is 30.3 Å². The molecule has 1 aliphatic heterocycles. The number of nitrogens with one attached hydrogen (secondary N) is 1. The molecule has 0 bridgehead atoms. The van der Waals surface area contributed by atoms with Crippen molar-refractivity contribution in [2.24, 2.45) is 0 Å². The summed E-state index contributed by atoms with van der Waals surface area (Å²) >= 11 is 1.51. The highest BCUT2D eigenvalue weighted by molar-refractivity contribution is 7.09. The number of amides is 1. The molecule has 2 aromatic rings. The zero-order chi connectivity index (χ0) is 16.4. The molecule has 126 valence electrons. The van der Waals surface area contributed by atoms with Crippen molar-refractivity contribution < 1.29 is 4.79 Å². The van der Waals surface area contributed by atoms with Gasteiger partial charge in [-0.05, 0) is 25.0 Å². The van der Waals surface area contributed by atoms with Crippen LogP contribution in [-0.4, -0.2) is 52.9 Å². The smallest absolute Gasteiger partial charge is 0.238 e. The first-order chi connectivity index (χ1) is 11.8. The van der Waals surface area contributed by atoms with Crippen molar-refractivity contribution >= 4 is 28.3 Å². The third-order valence-electron chi connectivity index (χ3n) is 4.44. The Morgan fingerprint density at radius 3 is 2.62 bits per heavy atom. The number of carbonyl (C=O) groups excluding carboxylic acids is 1. The molecule has 2 aliphatic rings. The fourth-order valence-corrected chi connectivity index (χ4v) is 3.68. The molecule has 1 amide bonds. The summed E-state index contributed by atoms with van der Waals surface area (Å²) in [7, 11) is 0. The quantitative estimate of drug-likeness (QED) is 0.902. The van der Waals surface area contributed by atoms with Gasteiger partial charge >= 0.3 is 0 Å². The van der Waals surface area contributed by atoms with Gasteiger partial charge in [-0.25, -0.2) is 4.98 Å². The summed E-state index contributed by atoms with van der Waals surface area (Å²) in [6, 6.07) is 9.60. The Balaban J connectivity index is 1.25. The monoisotopic (exact) mass is 343 g/mol. The van der Waals surface area contributed by atoms with Crippen LogP contribution < -0.4 is 10.2 Å². The maximum atomic E-state index is 12.1. The Morgan fingerprint density at radius 1 is 1.17 bits per heavy atom. The standard InChI is InChI=1S/C17H21N5OS/c23-15(18-14-4-2-1-3-5-14)12-21-8-10-22(11-9-21)17-19-16(20-24-17)13-6-7-13/h1-5,13H,6-12H2,(H,18,23). The van der Waals surface area contributed by atoms with Crippen LogP contribution in [0.1, 0.15) is 24.6 Å². The molecule has 1 aromatic heterocycles. The highest BCUT2D eigenvalue weighted by atomic mass is 32.1. The average Bonchev–Trinajstić information content (AvgIpc) is 3.34. The topological polar surface area (TPSA) is 61.4 Å². The van der Waals surface area contributed by atoms with E-state index in [2.05, 4.69) is 24.5 Å². The number of hydrogen-bond acceptors (Lipinski definition) is 6. The lowest BCUT2D eigenvalue weighted by molar-refractivity contribution is -0.117. The molecule has 0 unspecified atom stereocenters. The average molecular weight is 343 g/mol. The van der Waals surface area contributed by atoms with Gasteiger partial charge < -0.3 is 10.2 Å². The Morgan fingerprint density at radius 2 is 1.92 bits per heavy atom. The second kappa shape index (κ2) is 6.86. The highest BCUT2D eigenvalue weighted by Gasteiger charge is 2.29. The molecule has 0 spiro atoms. The molecular weight excluding hydrogens is 322 g/mol. The van der Waals surface area contributed by atoms with Gasteiger partial charge in [0.15, 0.2) is 0 Å². The van der Waals surface area contributed by atoms with Crippen molar-refractivity contribution in [3.63, 3.8) is 0 Å². The molecule has 0 radical (unpaired) electrons. The summed E-state index contributed by atoms with van der Waals surface area (Å²) in [5.74, 6) is 1.68. The molecule has 24 heavy (non-hydrogen) atoms. The predicted molar refractivity (Wildman–Crippen MR) is 95.6 cm³/mol. The lowest BCUT2D eigenvalue weighted by Gasteiger charge is -2.33. The Kier molecular flexibility index (Phi) is 4.44. The van der Waals surface area contributed by atoms with Crippen LogP contribution in [0, 0.1) is 0 Å². The van der Waals surface area contributed by atoms with Crippen LogP contribution in [0.25, 0.3) is 0 Å². The molecular formula is C17H21N5OS. The molecule has 7 heteroatoms. The SMILES string of the molecule is O=C(CN1CCN(c2nc(C3CC3)ns2)CC1)Nc1ccccc1. The van der Waals surface area contributed by atoms with Crippen LogP contribution in [0.3, 0.4) is 0 Å². The summed E-state index contributed by atoms with van der Waals surface area (Å²) in [6.45, 7) is 3.99. The van der Waals surface area contributed by atoms with Crippen molar-refractivity contribution in [3.8, 4) is 0 Å². The largest absolute Gasteiger partial charge is 0.344 e. The Labute approximate surface area is 145 Å². The highest BCUT2D eigenvalue weighted by Crippen LogP contribution is 2.39. The van der Waals surface area contributed by atoms with Crippen LogP contribution in [0.4, 0.5) is 10.8 Å². The van der Waals surface area contributed by atoms with Crippen molar-refractivity contribution in [3.05, 3.63) is 36.2 Å². The number of piperazine rings is 1. The van der Waals surface area contributed by atoms with E-state index in [-0.39, 0.29) is 5.91 Å². The third-order valence-corrected chi connectivity index (χ3v) is 5.23. The maximum absolute atomic E-state index is 12.1. The molecule has 1 saturated carbocycles. The van der Waals surface area contributed by atoms with E-state index in [0.29, 0.717) is 12.5 Å². The number of benzene rings is 1. The van der Waals surface area contributed by atoms with Crippen LogP contribution in [0.5, 0.6) is 0 Å². The third kappa shape index (κ3) is 3.73. The predicted octanol–water partition coefficient (Wildman–Crippen LogP) is 2.18. The number of aromatic nitrogens is 2. The molecule has 6 nitrogen and oxygen atoms in total. The lowest BCUT2D eigenvalue weighted by Crippen LogP contribution is -2.48. The van der Waals surface area contributed by atoms with Gasteiger partial charge in [-0.3, -0.25) is 9.69 Å². The van der Waals surface area contributed by atoms with Gasteiger partial charge in [0, 0.05) is 49.3 Å². The lowest BCUT2D eigenvalue weighted by atomic mass is 10.3. The van der Waals surface area contributed by atoms with Gasteiger partial charge in [-0.15, -0.1) is 0 Å². The summed E-state index contributed by atoms with van der Waals surface area (Å²) in [5.41, 5.74) is 0.850. The minimum atomic E-state index is 0.0431. The summed E-state index contributed by atoms with van der Waals surface area (Å²) < 4.78 is 4.48. The van der Waals surface area contributed by atoms with E-state index in [9.17, 15) is 4.79 Å². The van der Waals surface area contributed by atoms with Crippen LogP contribution in [-0.2, 0) is 4.79 Å². The minimum Gasteiger partial charge on any atom is -0.344 e. The van der Waals surface area contributed by atoms with Crippen molar-refractivity contribution in [1.82, 2.24) is 14.3 Å². The molecule has 0 atom stereocenters. The van der Waals surface area contributed by atoms with E-state index < -0.39 is 0 Å². The van der Waals surface area contributed by atoms with Gasteiger partial charge in [-0.2, -0.15) is 4.37 Å². The molecule has 1 saturated heterocycles. The fraction of sp³-hybridized carbons (Fsp3) is 0.471. The van der Waals surface area contributed by atoms with Crippen molar-refractivity contribution in [2.75, 3.05) is 42.9 Å². The first kappa shape index (κ1) is 15.5. The zero-order valence-electron chi connectivity index (χ0n) is 13.5. The van der Waals surface area contributed by atoms with Gasteiger partial charge in [0.25, 0.3) is 0 Å². The van der Waals surface area contributed by atoms with Gasteiger partial charge in [-0.1, -0.05) is 18.2 Å². The molecule has 4 rings (SSSR count). The number of anilines is 2. The van der Waals surface area contributed by atoms with E-state index in [4.69, 9.17) is 0 Å². The van der Waals surface area contributed by atoms with E-state index in [1.165, 1.54) is 24.4 Å². The van der Waals surface area contributed by atoms with Crippen molar-refractivity contribution in [2.45, 2.75) is 18.8 Å². The maximum Gasteiger partial charge on any atom is 0.238 e. The second-order valence-corrected chi connectivity index (χ2v) is 7.12. The molecule has 2 heterocycles. The molecule has 1 N–H and O–H groups in total. The van der Waals surface area contributed by atoms with Crippen molar-refractivity contribution in [1.29, 1.82) is 0 Å². The Bertz CT molecular complexity index is 692. The van der Waals surface area contributed by atoms with E-state index in [1.807, 2.05) is 30.3 Å². The number of para-hydroxylation sites is 1. The summed E-state index contributed by atoms with van der Waals surface area (Å²) in [6.07, 6.45) is 2.47. The Hall–Kier alpha value is -1.99. The van der Waals surface area contributed by atoms with E-state index in [1.54, 1.807) is 0 Å². The molecule has 1 aromatic carbocycles. The number of rotatable bonds is 5. The molecule has 1 aliphatic carbocycles. The normalized spacial score (nSPS) is 18.6. The van der Waals surface area contributed by atoms with Gasteiger partial charge in [0.1, 0.15) is 5.82 Å². The number of nitrogens with zero attached hydrogens (tertiary/aromatic N) is 4. The number of carbonyl (C=O) groups is 1. The summed E-state index contributed by atoms with van der Waals surface area (Å²) in [4.78, 5) is 21.3.